The van der Waals surface area contributed by atoms with Crippen LogP contribution in [-0.2, 0) is 21.1 Å². The van der Waals surface area contributed by atoms with E-state index in [0.29, 0.717) is 37.2 Å². The Morgan fingerprint density at radius 3 is 2.44 bits per heavy atom. The highest BCUT2D eigenvalue weighted by Crippen LogP contribution is 2.27. The summed E-state index contributed by atoms with van der Waals surface area (Å²) in [6, 6.07) is 5.69. The van der Waals surface area contributed by atoms with Gasteiger partial charge in [-0.3, -0.25) is 4.99 Å². The molecule has 0 saturated carbocycles. The molecule has 0 amide bonds. The van der Waals surface area contributed by atoms with Crippen LogP contribution in [0.5, 0.6) is 11.5 Å². The van der Waals surface area contributed by atoms with E-state index in [0.717, 1.165) is 5.56 Å². The maximum Gasteiger partial charge on any atom is 0.191 e. The van der Waals surface area contributed by atoms with E-state index in [9.17, 15) is 8.42 Å². The van der Waals surface area contributed by atoms with Gasteiger partial charge in [0.1, 0.15) is 9.84 Å². The Bertz CT molecular complexity index is 662. The minimum Gasteiger partial charge on any atom is -0.493 e. The van der Waals surface area contributed by atoms with E-state index in [2.05, 4.69) is 15.6 Å². The van der Waals surface area contributed by atoms with E-state index >= 15 is 0 Å². The second-order valence-corrected chi connectivity index (χ2v) is 7.54. The van der Waals surface area contributed by atoms with Crippen molar-refractivity contribution in [2.75, 3.05) is 53.0 Å². The third kappa shape index (κ3) is 8.59. The number of methoxy groups -OCH3 is 2. The molecule has 0 bridgehead atoms. The quantitative estimate of drug-likeness (QED) is 0.349. The Morgan fingerprint density at radius 2 is 1.84 bits per heavy atom. The lowest BCUT2D eigenvalue weighted by molar-refractivity contribution is 0.154. The lowest BCUT2D eigenvalue weighted by Crippen LogP contribution is -2.38. The van der Waals surface area contributed by atoms with Gasteiger partial charge < -0.3 is 24.8 Å². The summed E-state index contributed by atoms with van der Waals surface area (Å²) in [6.07, 6.45) is 1.19. The fourth-order valence-electron chi connectivity index (χ4n) is 1.95. The minimum atomic E-state index is -2.98. The normalized spacial score (nSPS) is 11.9. The molecule has 0 radical (unpaired) electrons. The maximum atomic E-state index is 11.0. The highest BCUT2D eigenvalue weighted by molar-refractivity contribution is 7.90. The number of hydrogen-bond acceptors (Lipinski definition) is 6. The van der Waals surface area contributed by atoms with Gasteiger partial charge in [-0.2, -0.15) is 0 Å². The Morgan fingerprint density at radius 1 is 1.12 bits per heavy atom. The van der Waals surface area contributed by atoms with E-state index in [4.69, 9.17) is 14.2 Å². The van der Waals surface area contributed by atoms with Crippen LogP contribution in [0, 0.1) is 0 Å². The van der Waals surface area contributed by atoms with Crippen LogP contribution in [-0.4, -0.2) is 67.4 Å². The minimum absolute atomic E-state index is 0.0271. The van der Waals surface area contributed by atoms with Crippen molar-refractivity contribution in [1.82, 2.24) is 10.6 Å². The summed E-state index contributed by atoms with van der Waals surface area (Å²) in [5.41, 5.74) is 1.02. The van der Waals surface area contributed by atoms with E-state index < -0.39 is 9.84 Å². The molecule has 8 nitrogen and oxygen atoms in total. The van der Waals surface area contributed by atoms with Crippen LogP contribution >= 0.6 is 0 Å². The smallest absolute Gasteiger partial charge is 0.191 e. The average molecular weight is 373 g/mol. The molecule has 0 spiro atoms. The third-order valence-electron chi connectivity index (χ3n) is 3.27. The Hall–Kier alpha value is -2.00. The summed E-state index contributed by atoms with van der Waals surface area (Å²) < 4.78 is 37.7. The molecule has 0 aromatic heterocycles. The largest absolute Gasteiger partial charge is 0.493 e. The molecule has 1 rings (SSSR count). The molecule has 9 heteroatoms. The molecule has 1 aromatic rings. The van der Waals surface area contributed by atoms with E-state index in [-0.39, 0.29) is 12.4 Å². The van der Waals surface area contributed by atoms with Crippen molar-refractivity contribution in [2.45, 2.75) is 6.54 Å². The highest BCUT2D eigenvalue weighted by atomic mass is 32.2. The van der Waals surface area contributed by atoms with Gasteiger partial charge in [0, 0.05) is 26.4 Å². The summed E-state index contributed by atoms with van der Waals surface area (Å²) in [5, 5.41) is 6.28. The average Bonchev–Trinajstić information content (AvgIpc) is 2.59. The highest BCUT2D eigenvalue weighted by Gasteiger charge is 2.05. The number of rotatable bonds is 10. The molecule has 0 saturated heterocycles. The van der Waals surface area contributed by atoms with Gasteiger partial charge in [0.15, 0.2) is 17.5 Å². The first-order valence-electron chi connectivity index (χ1n) is 7.80. The molecule has 0 aliphatic carbocycles. The van der Waals surface area contributed by atoms with Gasteiger partial charge in [0.05, 0.1) is 33.2 Å². The number of nitrogens with zero attached hydrogens (tertiary/aromatic N) is 1. The fourth-order valence-corrected chi connectivity index (χ4v) is 2.37. The summed E-state index contributed by atoms with van der Waals surface area (Å²) in [5.74, 6) is 2.00. The van der Waals surface area contributed by atoms with Crippen LogP contribution in [0.15, 0.2) is 23.2 Å². The molecule has 0 aliphatic rings. The molecular weight excluding hydrogens is 346 g/mol. The Labute approximate surface area is 149 Å². The first-order valence-corrected chi connectivity index (χ1v) is 9.86. The van der Waals surface area contributed by atoms with Gasteiger partial charge in [-0.05, 0) is 17.7 Å². The standard InChI is InChI=1S/C16H27N3O5S/c1-17-16(18-7-8-24-9-10-25(4,20)21)19-12-13-5-6-14(22-2)15(11-13)23-3/h5-6,11H,7-10,12H2,1-4H3,(H2,17,18,19). The van der Waals surface area contributed by atoms with Crippen molar-refractivity contribution in [3.05, 3.63) is 23.8 Å². The molecule has 2 N–H and O–H groups in total. The summed E-state index contributed by atoms with van der Waals surface area (Å²) in [6.45, 7) is 1.68. The van der Waals surface area contributed by atoms with E-state index in [1.165, 1.54) is 6.26 Å². The summed E-state index contributed by atoms with van der Waals surface area (Å²) >= 11 is 0. The predicted molar refractivity (Wildman–Crippen MR) is 98.3 cm³/mol. The molecule has 0 atom stereocenters. The number of ether oxygens (including phenoxy) is 3. The maximum absolute atomic E-state index is 11.0. The van der Waals surface area contributed by atoms with Gasteiger partial charge >= 0.3 is 0 Å². The van der Waals surface area contributed by atoms with Gasteiger partial charge in [-0.25, -0.2) is 8.42 Å². The molecule has 0 heterocycles. The molecule has 0 unspecified atom stereocenters. The molecular formula is C16H27N3O5S. The van der Waals surface area contributed by atoms with Gasteiger partial charge in [-0.1, -0.05) is 6.07 Å². The first kappa shape index (κ1) is 21.0. The fraction of sp³-hybridized carbons (Fsp3) is 0.562. The molecule has 0 fully saturated rings. The van der Waals surface area contributed by atoms with Crippen molar-refractivity contribution < 1.29 is 22.6 Å². The zero-order chi connectivity index (χ0) is 18.7. The van der Waals surface area contributed by atoms with Crippen molar-refractivity contribution >= 4 is 15.8 Å². The number of guanidine groups is 1. The van der Waals surface area contributed by atoms with Gasteiger partial charge in [0.2, 0.25) is 0 Å². The third-order valence-corrected chi connectivity index (χ3v) is 4.18. The van der Waals surface area contributed by atoms with Crippen molar-refractivity contribution in [1.29, 1.82) is 0 Å². The summed E-state index contributed by atoms with van der Waals surface area (Å²) in [4.78, 5) is 4.12. The number of benzene rings is 1. The lowest BCUT2D eigenvalue weighted by Gasteiger charge is -2.13. The van der Waals surface area contributed by atoms with Crippen LogP contribution in [0.3, 0.4) is 0 Å². The van der Waals surface area contributed by atoms with Crippen molar-refractivity contribution in [3.8, 4) is 11.5 Å². The van der Waals surface area contributed by atoms with Crippen LogP contribution in [0.4, 0.5) is 0 Å². The van der Waals surface area contributed by atoms with Crippen LogP contribution in [0.25, 0.3) is 0 Å². The number of hydrogen-bond donors (Lipinski definition) is 2. The molecule has 1 aromatic carbocycles. The Kier molecular flexibility index (Phi) is 9.07. The van der Waals surface area contributed by atoms with E-state index in [1.807, 2.05) is 18.2 Å². The first-order chi connectivity index (χ1) is 11.9. The SMILES string of the molecule is CN=C(NCCOCCS(C)(=O)=O)NCc1ccc(OC)c(OC)c1. The van der Waals surface area contributed by atoms with Crippen LogP contribution < -0.4 is 20.1 Å². The second-order valence-electron chi connectivity index (χ2n) is 5.28. The molecule has 25 heavy (non-hydrogen) atoms. The van der Waals surface area contributed by atoms with E-state index in [1.54, 1.807) is 21.3 Å². The topological polar surface area (TPSA) is 98.3 Å². The van der Waals surface area contributed by atoms with Crippen LogP contribution in [0.1, 0.15) is 5.56 Å². The number of aliphatic imine (C=N–C) groups is 1. The predicted octanol–water partition coefficient (Wildman–Crippen LogP) is 0.430. The second kappa shape index (κ2) is 10.8. The van der Waals surface area contributed by atoms with Gasteiger partial charge in [-0.15, -0.1) is 0 Å². The summed E-state index contributed by atoms with van der Waals surface area (Å²) in [7, 11) is 1.89. The molecule has 0 aliphatic heterocycles. The number of nitrogens with one attached hydrogen (secondary N) is 2. The zero-order valence-corrected chi connectivity index (χ0v) is 16.0. The van der Waals surface area contributed by atoms with Crippen LogP contribution in [0.2, 0.25) is 0 Å². The Balaban J connectivity index is 2.35. The van der Waals surface area contributed by atoms with Gasteiger partial charge in [0.25, 0.3) is 0 Å². The lowest BCUT2D eigenvalue weighted by atomic mass is 10.2. The molecule has 142 valence electrons. The van der Waals surface area contributed by atoms with Crippen molar-refractivity contribution in [3.63, 3.8) is 0 Å². The monoisotopic (exact) mass is 373 g/mol. The zero-order valence-electron chi connectivity index (χ0n) is 15.2. The number of sulfone groups is 1. The van der Waals surface area contributed by atoms with Crippen molar-refractivity contribution in [2.24, 2.45) is 4.99 Å².